The van der Waals surface area contributed by atoms with E-state index < -0.39 is 5.91 Å². The van der Waals surface area contributed by atoms with Gasteiger partial charge in [0.15, 0.2) is 11.5 Å². The lowest BCUT2D eigenvalue weighted by molar-refractivity contribution is 0.0954. The van der Waals surface area contributed by atoms with Crippen molar-refractivity contribution in [1.82, 2.24) is 10.4 Å². The van der Waals surface area contributed by atoms with Gasteiger partial charge in [-0.15, -0.1) is 0 Å². The number of carbonyl (C=O) groups is 1. The monoisotopic (exact) mass is 333 g/mol. The third-order valence-corrected chi connectivity index (χ3v) is 3.43. The number of nitrogens with zero attached hydrogens (tertiary/aromatic N) is 2. The molecular formula is C16H16ClN3O3. The smallest absolute Gasteiger partial charge is 0.274 e. The van der Waals surface area contributed by atoms with Crippen LogP contribution in [0.25, 0.3) is 0 Å². The molecule has 0 atom stereocenters. The first-order valence-corrected chi connectivity index (χ1v) is 7.12. The second-order valence-corrected chi connectivity index (χ2v) is 4.91. The van der Waals surface area contributed by atoms with E-state index in [4.69, 9.17) is 21.1 Å². The average molecular weight is 334 g/mol. The molecule has 1 heterocycles. The molecule has 0 saturated carbocycles. The second kappa shape index (κ2) is 7.60. The molecule has 1 amide bonds. The summed E-state index contributed by atoms with van der Waals surface area (Å²) in [5.74, 6) is 0.777. The van der Waals surface area contributed by atoms with Crippen LogP contribution < -0.4 is 14.9 Å². The molecule has 0 bridgehead atoms. The minimum atomic E-state index is -0.428. The normalized spacial score (nSPS) is 11.0. The van der Waals surface area contributed by atoms with Gasteiger partial charge in [-0.2, -0.15) is 5.10 Å². The second-order valence-electron chi connectivity index (χ2n) is 4.55. The Kier molecular flexibility index (Phi) is 5.54. The molecule has 0 spiro atoms. The van der Waals surface area contributed by atoms with Gasteiger partial charge in [0.25, 0.3) is 5.91 Å². The zero-order valence-corrected chi connectivity index (χ0v) is 13.7. The molecule has 0 fully saturated rings. The molecule has 1 aromatic carbocycles. The number of hydrogen-bond donors (Lipinski definition) is 1. The highest BCUT2D eigenvalue weighted by Crippen LogP contribution is 2.27. The predicted molar refractivity (Wildman–Crippen MR) is 88.5 cm³/mol. The number of ether oxygens (including phenoxy) is 2. The number of nitrogens with one attached hydrogen (secondary N) is 1. The van der Waals surface area contributed by atoms with E-state index >= 15 is 0 Å². The molecule has 1 N–H and O–H groups in total. The molecule has 2 rings (SSSR count). The molecule has 0 aliphatic rings. The lowest BCUT2D eigenvalue weighted by Crippen LogP contribution is -2.20. The quantitative estimate of drug-likeness (QED) is 0.519. The van der Waals surface area contributed by atoms with Gasteiger partial charge in [0.2, 0.25) is 0 Å². The summed E-state index contributed by atoms with van der Waals surface area (Å²) in [6, 6.07) is 8.58. The molecule has 23 heavy (non-hydrogen) atoms. The van der Waals surface area contributed by atoms with Gasteiger partial charge in [-0.3, -0.25) is 4.79 Å². The highest BCUT2D eigenvalue weighted by Gasteiger charge is 2.11. The van der Waals surface area contributed by atoms with Gasteiger partial charge in [-0.05, 0) is 37.3 Å². The maximum absolute atomic E-state index is 12.0. The number of carbonyl (C=O) groups excluding carboxylic acids is 1. The fraction of sp³-hybridized carbons (Fsp3) is 0.188. The number of methoxy groups -OCH3 is 2. The summed E-state index contributed by atoms with van der Waals surface area (Å²) in [7, 11) is 3.12. The van der Waals surface area contributed by atoms with E-state index in [9.17, 15) is 4.79 Å². The Bertz CT molecular complexity index is 747. The van der Waals surface area contributed by atoms with Crippen molar-refractivity contribution in [3.05, 3.63) is 52.8 Å². The van der Waals surface area contributed by atoms with Gasteiger partial charge in [0.05, 0.1) is 25.5 Å². The Morgan fingerprint density at radius 3 is 2.61 bits per heavy atom. The summed E-state index contributed by atoms with van der Waals surface area (Å²) in [5, 5.41) is 4.21. The minimum Gasteiger partial charge on any atom is -0.493 e. The van der Waals surface area contributed by atoms with E-state index in [0.717, 1.165) is 5.56 Å². The number of amides is 1. The van der Waals surface area contributed by atoms with Crippen LogP contribution in [0.1, 0.15) is 22.8 Å². The SMILES string of the molecule is COc1ccc(/C(C)=N/NC(=O)c2cccnc2Cl)cc1OC. The van der Waals surface area contributed by atoms with Crippen LogP contribution in [0.2, 0.25) is 5.15 Å². The molecule has 0 aliphatic carbocycles. The largest absolute Gasteiger partial charge is 0.493 e. The average Bonchev–Trinajstić information content (AvgIpc) is 2.59. The molecular weight excluding hydrogens is 318 g/mol. The number of halogens is 1. The van der Waals surface area contributed by atoms with Crippen molar-refractivity contribution in [3.63, 3.8) is 0 Å². The van der Waals surface area contributed by atoms with E-state index in [2.05, 4.69) is 15.5 Å². The molecule has 2 aromatic rings. The summed E-state index contributed by atoms with van der Waals surface area (Å²) in [6.07, 6.45) is 1.51. The van der Waals surface area contributed by atoms with Crippen LogP contribution in [0.4, 0.5) is 0 Å². The highest BCUT2D eigenvalue weighted by molar-refractivity contribution is 6.32. The topological polar surface area (TPSA) is 72.8 Å². The van der Waals surface area contributed by atoms with Crippen molar-refractivity contribution in [2.24, 2.45) is 5.10 Å². The molecule has 0 unspecified atom stereocenters. The number of rotatable bonds is 5. The van der Waals surface area contributed by atoms with Crippen LogP contribution in [-0.2, 0) is 0 Å². The van der Waals surface area contributed by atoms with Gasteiger partial charge in [0.1, 0.15) is 5.15 Å². The first kappa shape index (κ1) is 16.8. The molecule has 0 aliphatic heterocycles. The van der Waals surface area contributed by atoms with Crippen LogP contribution in [-0.4, -0.2) is 30.8 Å². The van der Waals surface area contributed by atoms with Gasteiger partial charge in [0, 0.05) is 11.8 Å². The van der Waals surface area contributed by atoms with Crippen LogP contribution >= 0.6 is 11.6 Å². The van der Waals surface area contributed by atoms with Crippen LogP contribution in [0.3, 0.4) is 0 Å². The first-order chi connectivity index (χ1) is 11.1. The number of benzene rings is 1. The molecule has 6 nitrogen and oxygen atoms in total. The van der Waals surface area contributed by atoms with Crippen molar-refractivity contribution in [2.45, 2.75) is 6.92 Å². The van der Waals surface area contributed by atoms with Gasteiger partial charge in [-0.25, -0.2) is 10.4 Å². The van der Waals surface area contributed by atoms with Crippen molar-refractivity contribution in [1.29, 1.82) is 0 Å². The van der Waals surface area contributed by atoms with E-state index in [0.29, 0.717) is 17.2 Å². The Hall–Kier alpha value is -2.60. The molecule has 7 heteroatoms. The van der Waals surface area contributed by atoms with Gasteiger partial charge in [-0.1, -0.05) is 11.6 Å². The number of aromatic nitrogens is 1. The predicted octanol–water partition coefficient (Wildman–Crippen LogP) is 2.91. The third-order valence-electron chi connectivity index (χ3n) is 3.13. The lowest BCUT2D eigenvalue weighted by atomic mass is 10.1. The van der Waals surface area contributed by atoms with Crippen molar-refractivity contribution in [2.75, 3.05) is 14.2 Å². The maximum atomic E-state index is 12.0. The van der Waals surface area contributed by atoms with Gasteiger partial charge < -0.3 is 9.47 Å². The Morgan fingerprint density at radius 2 is 1.96 bits per heavy atom. The van der Waals surface area contributed by atoms with E-state index in [-0.39, 0.29) is 10.7 Å². The van der Waals surface area contributed by atoms with Crippen molar-refractivity contribution in [3.8, 4) is 11.5 Å². The minimum absolute atomic E-state index is 0.129. The van der Waals surface area contributed by atoms with Crippen LogP contribution in [0, 0.1) is 0 Å². The zero-order valence-electron chi connectivity index (χ0n) is 13.0. The number of hydrazone groups is 1. The third kappa shape index (κ3) is 3.98. The van der Waals surface area contributed by atoms with Crippen LogP contribution in [0.15, 0.2) is 41.6 Å². The van der Waals surface area contributed by atoms with E-state index in [1.807, 2.05) is 6.07 Å². The highest BCUT2D eigenvalue weighted by atomic mass is 35.5. The number of pyridine rings is 1. The summed E-state index contributed by atoms with van der Waals surface area (Å²) in [4.78, 5) is 15.9. The Morgan fingerprint density at radius 1 is 1.22 bits per heavy atom. The molecule has 0 saturated heterocycles. The molecule has 1 aromatic heterocycles. The maximum Gasteiger partial charge on any atom is 0.274 e. The van der Waals surface area contributed by atoms with Gasteiger partial charge >= 0.3 is 0 Å². The fourth-order valence-corrected chi connectivity index (χ4v) is 2.08. The molecule has 0 radical (unpaired) electrons. The van der Waals surface area contributed by atoms with Crippen LogP contribution in [0.5, 0.6) is 11.5 Å². The van der Waals surface area contributed by atoms with E-state index in [1.54, 1.807) is 45.4 Å². The van der Waals surface area contributed by atoms with Crippen molar-refractivity contribution < 1.29 is 14.3 Å². The summed E-state index contributed by atoms with van der Waals surface area (Å²) in [5.41, 5.74) is 4.12. The zero-order chi connectivity index (χ0) is 16.8. The molecule has 120 valence electrons. The summed E-state index contributed by atoms with van der Waals surface area (Å²) >= 11 is 5.87. The Labute approximate surface area is 139 Å². The summed E-state index contributed by atoms with van der Waals surface area (Å²) < 4.78 is 10.4. The lowest BCUT2D eigenvalue weighted by Gasteiger charge is -2.09. The number of hydrogen-bond acceptors (Lipinski definition) is 5. The fourth-order valence-electron chi connectivity index (χ4n) is 1.88. The van der Waals surface area contributed by atoms with E-state index in [1.165, 1.54) is 6.20 Å². The standard InChI is InChI=1S/C16H16ClN3O3/c1-10(11-6-7-13(22-2)14(9-11)23-3)19-20-16(21)12-5-4-8-18-15(12)17/h4-9H,1-3H3,(H,20,21)/b19-10+. The first-order valence-electron chi connectivity index (χ1n) is 6.74. The summed E-state index contributed by atoms with van der Waals surface area (Å²) in [6.45, 7) is 1.77. The Balaban J connectivity index is 2.17. The van der Waals surface area contributed by atoms with Crippen molar-refractivity contribution >= 4 is 23.2 Å².